The smallest absolute Gasteiger partial charge is 0.328 e. The molecule has 2 heterocycles. The first kappa shape index (κ1) is 23.1. The fourth-order valence-electron chi connectivity index (χ4n) is 4.63. The zero-order chi connectivity index (χ0) is 22.2. The maximum absolute atomic E-state index is 12.9. The predicted molar refractivity (Wildman–Crippen MR) is 125 cm³/mol. The molecule has 31 heavy (non-hydrogen) atoms. The minimum absolute atomic E-state index is 0.0405. The molecule has 1 aromatic heterocycles. The highest BCUT2D eigenvalue weighted by molar-refractivity contribution is 5.96. The molecule has 0 saturated carbocycles. The lowest BCUT2D eigenvalue weighted by molar-refractivity contribution is -0.147. The molecule has 0 amide bonds. The van der Waals surface area contributed by atoms with Crippen LogP contribution in [0.25, 0.3) is 10.9 Å². The van der Waals surface area contributed by atoms with E-state index in [0.29, 0.717) is 19.3 Å². The van der Waals surface area contributed by atoms with Gasteiger partial charge in [-0.2, -0.15) is 0 Å². The van der Waals surface area contributed by atoms with Gasteiger partial charge in [-0.3, -0.25) is 4.79 Å². The van der Waals surface area contributed by atoms with E-state index in [9.17, 15) is 9.59 Å². The first-order valence-corrected chi connectivity index (χ1v) is 11.7. The van der Waals surface area contributed by atoms with E-state index in [1.165, 1.54) is 32.8 Å². The second kappa shape index (κ2) is 11.2. The number of nitrogens with zero attached hydrogens (tertiary/aromatic N) is 1. The van der Waals surface area contributed by atoms with Crippen molar-refractivity contribution >= 4 is 22.7 Å². The van der Waals surface area contributed by atoms with E-state index < -0.39 is 6.04 Å². The number of allylic oxidation sites excluding steroid dienone is 1. The van der Waals surface area contributed by atoms with Gasteiger partial charge in [0.15, 0.2) is 5.78 Å². The average molecular weight is 425 g/mol. The van der Waals surface area contributed by atoms with E-state index in [1.807, 2.05) is 37.5 Å². The van der Waals surface area contributed by atoms with E-state index in [-0.39, 0.29) is 17.8 Å². The lowest BCUT2D eigenvalue weighted by atomic mass is 9.91. The van der Waals surface area contributed by atoms with Gasteiger partial charge >= 0.3 is 5.97 Å². The molecule has 0 fully saturated rings. The number of esters is 1. The summed E-state index contributed by atoms with van der Waals surface area (Å²) in [5.41, 5.74) is 2.96. The summed E-state index contributed by atoms with van der Waals surface area (Å²) >= 11 is 0. The normalized spacial score (nSPS) is 17.6. The first-order valence-electron chi connectivity index (χ1n) is 11.7. The van der Waals surface area contributed by atoms with Crippen LogP contribution in [0.5, 0.6) is 0 Å². The number of carbonyl (C=O) groups is 2. The third kappa shape index (κ3) is 5.57. The number of H-pyrrole nitrogens is 1. The Morgan fingerprint density at radius 2 is 1.97 bits per heavy atom. The Morgan fingerprint density at radius 1 is 1.19 bits per heavy atom. The van der Waals surface area contributed by atoms with Crippen molar-refractivity contribution in [2.75, 3.05) is 7.11 Å². The van der Waals surface area contributed by atoms with E-state index in [4.69, 9.17) is 4.74 Å². The van der Waals surface area contributed by atoms with Gasteiger partial charge in [-0.05, 0) is 24.5 Å². The lowest BCUT2D eigenvalue weighted by Gasteiger charge is -2.39. The fraction of sp³-hybridized carbons (Fsp3) is 0.538. The molecule has 1 aromatic carbocycles. The Bertz CT molecular complexity index is 914. The second-order valence-corrected chi connectivity index (χ2v) is 8.54. The van der Waals surface area contributed by atoms with Gasteiger partial charge < -0.3 is 14.6 Å². The third-order valence-electron chi connectivity index (χ3n) is 6.45. The molecule has 2 atom stereocenters. The molecule has 168 valence electrons. The average Bonchev–Trinajstić information content (AvgIpc) is 3.20. The third-order valence-corrected chi connectivity index (χ3v) is 6.45. The van der Waals surface area contributed by atoms with Gasteiger partial charge in [-0.1, -0.05) is 64.2 Å². The van der Waals surface area contributed by atoms with Crippen LogP contribution < -0.4 is 0 Å². The number of ether oxygens (including phenoxy) is 1. The van der Waals surface area contributed by atoms with Crippen LogP contribution in [0.3, 0.4) is 0 Å². The molecule has 2 aromatic rings. The standard InChI is InChI=1S/C26H36N2O3/c1-4-6-7-8-9-12-21-16-25(29)19(5-2)18-28(21)24(26(30)31-3)15-20-17-27-23-14-11-10-13-22(20)23/h10-11,13-14,17-18,21,24,27H,4-9,12,15-16H2,1-3H3/t21-,24+/m1/s1. The molecule has 1 aliphatic rings. The second-order valence-electron chi connectivity index (χ2n) is 8.54. The number of methoxy groups -OCH3 is 1. The van der Waals surface area contributed by atoms with Crippen molar-refractivity contribution in [3.05, 3.63) is 47.8 Å². The Balaban J connectivity index is 1.86. The number of fused-ring (bicyclic) bond motifs is 1. The van der Waals surface area contributed by atoms with Crippen molar-refractivity contribution < 1.29 is 14.3 Å². The Morgan fingerprint density at radius 3 is 2.71 bits per heavy atom. The number of aromatic amines is 1. The number of ketones is 1. The highest BCUT2D eigenvalue weighted by atomic mass is 16.5. The van der Waals surface area contributed by atoms with E-state index >= 15 is 0 Å². The van der Waals surface area contributed by atoms with E-state index in [0.717, 1.165) is 34.9 Å². The first-order chi connectivity index (χ1) is 15.1. The van der Waals surface area contributed by atoms with Crippen molar-refractivity contribution in [1.82, 2.24) is 9.88 Å². The topological polar surface area (TPSA) is 62.4 Å². The Hall–Kier alpha value is -2.56. The molecule has 0 radical (unpaired) electrons. The summed E-state index contributed by atoms with van der Waals surface area (Å²) in [7, 11) is 1.45. The molecule has 1 N–H and O–H groups in total. The van der Waals surface area contributed by atoms with Crippen LogP contribution in [0.2, 0.25) is 0 Å². The molecule has 0 saturated heterocycles. The number of carbonyl (C=O) groups excluding carboxylic acids is 2. The summed E-state index contributed by atoms with van der Waals surface area (Å²) in [5, 5.41) is 1.13. The summed E-state index contributed by atoms with van der Waals surface area (Å²) in [6, 6.07) is 7.73. The van der Waals surface area contributed by atoms with Crippen LogP contribution in [0.15, 0.2) is 42.2 Å². The maximum atomic E-state index is 12.9. The Labute approximate surface area is 185 Å². The minimum atomic E-state index is -0.445. The molecule has 0 aliphatic carbocycles. The molecule has 0 spiro atoms. The van der Waals surface area contributed by atoms with Crippen LogP contribution in [-0.4, -0.2) is 40.8 Å². The number of benzene rings is 1. The minimum Gasteiger partial charge on any atom is -0.467 e. The molecule has 5 nitrogen and oxygen atoms in total. The van der Waals surface area contributed by atoms with Gasteiger partial charge in [0.2, 0.25) is 0 Å². The number of aromatic nitrogens is 1. The highest BCUT2D eigenvalue weighted by Crippen LogP contribution is 2.29. The van der Waals surface area contributed by atoms with Crippen molar-refractivity contribution in [3.8, 4) is 0 Å². The fourth-order valence-corrected chi connectivity index (χ4v) is 4.63. The molecule has 0 unspecified atom stereocenters. The van der Waals surface area contributed by atoms with Gasteiger partial charge in [0.1, 0.15) is 6.04 Å². The molecule has 1 aliphatic heterocycles. The van der Waals surface area contributed by atoms with Crippen molar-refractivity contribution in [2.45, 2.75) is 83.7 Å². The quantitative estimate of drug-likeness (QED) is 0.379. The SMILES string of the molecule is CCCCCCC[C@@H]1CC(=O)C(CC)=CN1[C@@H](Cc1c[nH]c2ccccc12)C(=O)OC. The molecule has 0 bridgehead atoms. The summed E-state index contributed by atoms with van der Waals surface area (Å²) in [4.78, 5) is 31.0. The van der Waals surface area contributed by atoms with Crippen LogP contribution in [-0.2, 0) is 20.7 Å². The van der Waals surface area contributed by atoms with Crippen molar-refractivity contribution in [3.63, 3.8) is 0 Å². The lowest BCUT2D eigenvalue weighted by Crippen LogP contribution is -2.49. The van der Waals surface area contributed by atoms with Gasteiger partial charge in [0.05, 0.1) is 7.11 Å². The van der Waals surface area contributed by atoms with Crippen LogP contribution >= 0.6 is 0 Å². The van der Waals surface area contributed by atoms with E-state index in [1.54, 1.807) is 0 Å². The maximum Gasteiger partial charge on any atom is 0.328 e. The molecular weight excluding hydrogens is 388 g/mol. The summed E-state index contributed by atoms with van der Waals surface area (Å²) in [6.07, 6.45) is 12.5. The van der Waals surface area contributed by atoms with Crippen LogP contribution in [0, 0.1) is 0 Å². The largest absolute Gasteiger partial charge is 0.467 e. The number of unbranched alkanes of at least 4 members (excludes halogenated alkanes) is 4. The van der Waals surface area contributed by atoms with Crippen LogP contribution in [0.1, 0.15) is 70.8 Å². The molecule has 5 heteroatoms. The molecule has 3 rings (SSSR count). The monoisotopic (exact) mass is 424 g/mol. The number of para-hydroxylation sites is 1. The molecular formula is C26H36N2O3. The number of nitrogens with one attached hydrogen (secondary N) is 1. The van der Waals surface area contributed by atoms with Crippen molar-refractivity contribution in [1.29, 1.82) is 0 Å². The van der Waals surface area contributed by atoms with Crippen molar-refractivity contribution in [2.24, 2.45) is 0 Å². The Kier molecular flexibility index (Phi) is 8.33. The van der Waals surface area contributed by atoms with Gasteiger partial charge in [0.25, 0.3) is 0 Å². The summed E-state index contributed by atoms with van der Waals surface area (Å²) < 4.78 is 5.22. The zero-order valence-electron chi connectivity index (χ0n) is 19.2. The highest BCUT2D eigenvalue weighted by Gasteiger charge is 2.35. The number of hydrogen-bond donors (Lipinski definition) is 1. The van der Waals surface area contributed by atoms with Gasteiger partial charge in [-0.25, -0.2) is 4.79 Å². The number of rotatable bonds is 11. The van der Waals surface area contributed by atoms with Gasteiger partial charge in [-0.15, -0.1) is 0 Å². The van der Waals surface area contributed by atoms with E-state index in [2.05, 4.69) is 22.9 Å². The van der Waals surface area contributed by atoms with Crippen LogP contribution in [0.4, 0.5) is 0 Å². The zero-order valence-corrected chi connectivity index (χ0v) is 19.2. The number of hydrogen-bond acceptors (Lipinski definition) is 4. The summed E-state index contributed by atoms with van der Waals surface area (Å²) in [6.45, 7) is 4.21. The number of Topliss-reactive ketones (excluding diaryl/α,β-unsaturated/α-hetero) is 1. The predicted octanol–water partition coefficient (Wildman–Crippen LogP) is 5.55. The van der Waals surface area contributed by atoms with Gasteiger partial charge in [0, 0.05) is 47.8 Å². The summed E-state index contributed by atoms with van der Waals surface area (Å²) in [5.74, 6) is -0.0321.